The van der Waals surface area contributed by atoms with Gasteiger partial charge in [-0.2, -0.15) is 0 Å². The molecule has 3 rings (SSSR count). The summed E-state index contributed by atoms with van der Waals surface area (Å²) in [4.78, 5) is 23.9. The first kappa shape index (κ1) is 19.5. The Kier molecular flexibility index (Phi) is 6.34. The number of anilines is 1. The molecule has 0 heterocycles. The van der Waals surface area contributed by atoms with E-state index in [2.05, 4.69) is 34.1 Å². The second kappa shape index (κ2) is 9.10. The molecule has 0 fully saturated rings. The lowest BCUT2D eigenvalue weighted by Crippen LogP contribution is -2.39. The topological polar surface area (TPSA) is 70.2 Å². The fourth-order valence-corrected chi connectivity index (χ4v) is 2.96. The first-order valence-corrected chi connectivity index (χ1v) is 9.06. The summed E-state index contributed by atoms with van der Waals surface area (Å²) in [7, 11) is 0. The Balaban J connectivity index is 1.47. The highest BCUT2D eigenvalue weighted by Crippen LogP contribution is 2.23. The summed E-state index contributed by atoms with van der Waals surface area (Å²) in [6, 6.07) is 19.6. The van der Waals surface area contributed by atoms with E-state index in [1.165, 1.54) is 24.3 Å². The normalized spacial score (nSPS) is 11.8. The largest absolute Gasteiger partial charge is 0.346 e. The number of fused-ring (bicyclic) bond motifs is 1. The quantitative estimate of drug-likeness (QED) is 0.589. The second-order valence-electron chi connectivity index (χ2n) is 6.50. The van der Waals surface area contributed by atoms with Crippen molar-refractivity contribution in [2.75, 3.05) is 18.4 Å². The average Bonchev–Trinajstić information content (AvgIpc) is 2.71. The molecule has 0 aliphatic rings. The van der Waals surface area contributed by atoms with Crippen molar-refractivity contribution in [2.24, 2.45) is 0 Å². The maximum Gasteiger partial charge on any atom is 0.243 e. The van der Waals surface area contributed by atoms with E-state index < -0.39 is 0 Å². The molecule has 3 N–H and O–H groups in total. The lowest BCUT2D eigenvalue weighted by molar-refractivity contribution is -0.123. The Labute approximate surface area is 162 Å². The van der Waals surface area contributed by atoms with Gasteiger partial charge in [-0.05, 0) is 47.5 Å². The van der Waals surface area contributed by atoms with Gasteiger partial charge in [0.15, 0.2) is 0 Å². The van der Waals surface area contributed by atoms with Crippen LogP contribution in [-0.4, -0.2) is 24.9 Å². The van der Waals surface area contributed by atoms with Crippen LogP contribution in [0.5, 0.6) is 0 Å². The molecule has 5 nitrogen and oxygen atoms in total. The van der Waals surface area contributed by atoms with Crippen molar-refractivity contribution in [1.82, 2.24) is 10.6 Å². The van der Waals surface area contributed by atoms with Gasteiger partial charge in [0.1, 0.15) is 5.82 Å². The van der Waals surface area contributed by atoms with Crippen LogP contribution in [0.4, 0.5) is 10.1 Å². The van der Waals surface area contributed by atoms with E-state index in [-0.39, 0.29) is 36.8 Å². The van der Waals surface area contributed by atoms with Gasteiger partial charge in [0, 0.05) is 11.7 Å². The molecular formula is C22H22FN3O2. The van der Waals surface area contributed by atoms with Gasteiger partial charge in [-0.25, -0.2) is 4.39 Å². The fraction of sp³-hybridized carbons (Fsp3) is 0.182. The van der Waals surface area contributed by atoms with Gasteiger partial charge in [0.05, 0.1) is 13.1 Å². The Morgan fingerprint density at radius 2 is 1.61 bits per heavy atom. The van der Waals surface area contributed by atoms with E-state index in [0.29, 0.717) is 5.69 Å². The minimum absolute atomic E-state index is 0.0232. The first-order chi connectivity index (χ1) is 13.5. The van der Waals surface area contributed by atoms with Gasteiger partial charge in [-0.1, -0.05) is 42.5 Å². The van der Waals surface area contributed by atoms with Crippen LogP contribution in [0, 0.1) is 5.82 Å². The highest BCUT2D eigenvalue weighted by molar-refractivity contribution is 5.94. The lowest BCUT2D eigenvalue weighted by Gasteiger charge is -2.16. The molecule has 28 heavy (non-hydrogen) atoms. The van der Waals surface area contributed by atoms with Crippen LogP contribution < -0.4 is 16.0 Å². The summed E-state index contributed by atoms with van der Waals surface area (Å²) < 4.78 is 12.9. The molecular weight excluding hydrogens is 357 g/mol. The molecule has 6 heteroatoms. The summed E-state index contributed by atoms with van der Waals surface area (Å²) in [6.07, 6.45) is 0. The van der Waals surface area contributed by atoms with Crippen LogP contribution in [-0.2, 0) is 9.59 Å². The summed E-state index contributed by atoms with van der Waals surface area (Å²) in [5.74, 6) is -1.03. The molecule has 3 aromatic carbocycles. The highest BCUT2D eigenvalue weighted by atomic mass is 19.1. The first-order valence-electron chi connectivity index (χ1n) is 9.06. The zero-order valence-corrected chi connectivity index (χ0v) is 15.5. The van der Waals surface area contributed by atoms with E-state index >= 15 is 0 Å². The fourth-order valence-electron chi connectivity index (χ4n) is 2.96. The zero-order valence-electron chi connectivity index (χ0n) is 15.5. The number of carbonyl (C=O) groups is 2. The van der Waals surface area contributed by atoms with Crippen molar-refractivity contribution in [2.45, 2.75) is 13.0 Å². The van der Waals surface area contributed by atoms with E-state index in [1.807, 2.05) is 31.2 Å². The molecule has 0 aromatic heterocycles. The molecule has 0 aliphatic carbocycles. The van der Waals surface area contributed by atoms with Gasteiger partial charge in [0.25, 0.3) is 0 Å². The van der Waals surface area contributed by atoms with Crippen LogP contribution in [0.1, 0.15) is 18.5 Å². The molecule has 1 atom stereocenters. The van der Waals surface area contributed by atoms with Crippen LogP contribution in [0.2, 0.25) is 0 Å². The molecule has 3 aromatic rings. The van der Waals surface area contributed by atoms with Gasteiger partial charge in [0.2, 0.25) is 11.8 Å². The molecule has 0 bridgehead atoms. The predicted molar refractivity (Wildman–Crippen MR) is 108 cm³/mol. The molecule has 144 valence electrons. The maximum atomic E-state index is 12.9. The van der Waals surface area contributed by atoms with Crippen molar-refractivity contribution in [3.63, 3.8) is 0 Å². The lowest BCUT2D eigenvalue weighted by atomic mass is 10.00. The predicted octanol–water partition coefficient (Wildman–Crippen LogP) is 3.38. The molecule has 0 saturated heterocycles. The Morgan fingerprint density at radius 3 is 2.39 bits per heavy atom. The molecule has 0 spiro atoms. The van der Waals surface area contributed by atoms with Crippen LogP contribution >= 0.6 is 0 Å². The van der Waals surface area contributed by atoms with Gasteiger partial charge >= 0.3 is 0 Å². The summed E-state index contributed by atoms with van der Waals surface area (Å²) in [6.45, 7) is 1.94. The minimum atomic E-state index is -0.377. The number of hydrogen-bond acceptors (Lipinski definition) is 3. The van der Waals surface area contributed by atoms with Gasteiger partial charge < -0.3 is 16.0 Å². The van der Waals surface area contributed by atoms with E-state index in [1.54, 1.807) is 0 Å². The maximum absolute atomic E-state index is 12.9. The Hall–Kier alpha value is -3.25. The van der Waals surface area contributed by atoms with Crippen molar-refractivity contribution >= 4 is 28.3 Å². The van der Waals surface area contributed by atoms with E-state index in [9.17, 15) is 14.0 Å². The molecule has 2 amide bonds. The van der Waals surface area contributed by atoms with E-state index in [4.69, 9.17) is 0 Å². The SMILES string of the molecule is C[C@H](NCC(=O)NCC(=O)Nc1ccc(F)cc1)c1cccc2ccccc12. The third kappa shape index (κ3) is 5.14. The number of rotatable bonds is 7. The Bertz CT molecular complexity index is 968. The monoisotopic (exact) mass is 379 g/mol. The molecule has 0 unspecified atom stereocenters. The van der Waals surface area contributed by atoms with Gasteiger partial charge in [-0.3, -0.25) is 9.59 Å². The number of carbonyl (C=O) groups excluding carboxylic acids is 2. The third-order valence-electron chi connectivity index (χ3n) is 4.43. The number of benzene rings is 3. The number of halogens is 1. The number of nitrogens with one attached hydrogen (secondary N) is 3. The van der Waals surface area contributed by atoms with Crippen molar-refractivity contribution in [1.29, 1.82) is 0 Å². The van der Waals surface area contributed by atoms with E-state index in [0.717, 1.165) is 16.3 Å². The number of amides is 2. The zero-order chi connectivity index (χ0) is 19.9. The molecule has 0 radical (unpaired) electrons. The summed E-state index contributed by atoms with van der Waals surface area (Å²) in [5.41, 5.74) is 1.59. The minimum Gasteiger partial charge on any atom is -0.346 e. The summed E-state index contributed by atoms with van der Waals surface area (Å²) in [5, 5.41) is 10.6. The number of hydrogen-bond donors (Lipinski definition) is 3. The second-order valence-corrected chi connectivity index (χ2v) is 6.50. The smallest absolute Gasteiger partial charge is 0.243 e. The molecule has 0 aliphatic heterocycles. The Morgan fingerprint density at radius 1 is 0.893 bits per heavy atom. The molecule has 0 saturated carbocycles. The highest BCUT2D eigenvalue weighted by Gasteiger charge is 2.11. The average molecular weight is 379 g/mol. The van der Waals surface area contributed by atoms with Gasteiger partial charge in [-0.15, -0.1) is 0 Å². The third-order valence-corrected chi connectivity index (χ3v) is 4.43. The standard InChI is InChI=1S/C22H22FN3O2/c1-15(19-8-4-6-16-5-2-3-7-20(16)19)24-13-21(27)25-14-22(28)26-18-11-9-17(23)10-12-18/h2-12,15,24H,13-14H2,1H3,(H,25,27)(H,26,28)/t15-/m0/s1. The van der Waals surface area contributed by atoms with Crippen molar-refractivity contribution in [3.05, 3.63) is 78.1 Å². The van der Waals surface area contributed by atoms with Crippen LogP contribution in [0.3, 0.4) is 0 Å². The van der Waals surface area contributed by atoms with Crippen LogP contribution in [0.15, 0.2) is 66.7 Å². The van der Waals surface area contributed by atoms with Crippen LogP contribution in [0.25, 0.3) is 10.8 Å². The summed E-state index contributed by atoms with van der Waals surface area (Å²) >= 11 is 0. The van der Waals surface area contributed by atoms with Crippen molar-refractivity contribution < 1.29 is 14.0 Å². The van der Waals surface area contributed by atoms with Crippen molar-refractivity contribution in [3.8, 4) is 0 Å².